The predicted octanol–water partition coefficient (Wildman–Crippen LogP) is 4.05. The lowest BCUT2D eigenvalue weighted by Gasteiger charge is -2.10. The van der Waals surface area contributed by atoms with Crippen LogP contribution in [-0.2, 0) is 6.42 Å². The number of fused-ring (bicyclic) bond motifs is 1. The van der Waals surface area contributed by atoms with E-state index in [1.165, 1.54) is 11.3 Å². The number of anilines is 2. The fraction of sp³-hybridized carbons (Fsp3) is 0.174. The minimum Gasteiger partial charge on any atom is -0.493 e. The minimum absolute atomic E-state index is 0.120. The largest absolute Gasteiger partial charge is 0.493 e. The number of carbonyl (C=O) groups excluding carboxylic acids is 1. The van der Waals surface area contributed by atoms with Gasteiger partial charge in [0.15, 0.2) is 11.5 Å². The molecule has 0 spiro atoms. The molecular formula is C23H21N5O3S2. The SMILES string of the molecule is COc1ccc(CCNC(=O)c2sc3nc(N)c(C#N)c(-c4cccs4)c3c2N)cc1OC. The number of rotatable bonds is 7. The number of nitrogens with two attached hydrogens (primary N) is 2. The van der Waals surface area contributed by atoms with Crippen molar-refractivity contribution in [1.29, 1.82) is 5.26 Å². The van der Waals surface area contributed by atoms with Crippen LogP contribution < -0.4 is 26.3 Å². The van der Waals surface area contributed by atoms with E-state index in [1.54, 1.807) is 14.2 Å². The van der Waals surface area contributed by atoms with Crippen molar-refractivity contribution < 1.29 is 14.3 Å². The summed E-state index contributed by atoms with van der Waals surface area (Å²) in [6.07, 6.45) is 0.598. The van der Waals surface area contributed by atoms with Crippen molar-refractivity contribution in [3.8, 4) is 28.0 Å². The molecule has 4 aromatic rings. The Hall–Kier alpha value is -3.81. The quantitative estimate of drug-likeness (QED) is 0.364. The molecule has 4 rings (SSSR count). The number of nitrogens with one attached hydrogen (secondary N) is 1. The predicted molar refractivity (Wildman–Crippen MR) is 132 cm³/mol. The number of nitrogens with zero attached hydrogens (tertiary/aromatic N) is 2. The van der Waals surface area contributed by atoms with E-state index in [-0.39, 0.29) is 17.3 Å². The molecule has 0 aliphatic carbocycles. The van der Waals surface area contributed by atoms with Crippen LogP contribution in [0.4, 0.5) is 11.5 Å². The summed E-state index contributed by atoms with van der Waals surface area (Å²) in [5, 5.41) is 15.1. The number of thiophene rings is 2. The average Bonchev–Trinajstić information content (AvgIpc) is 3.46. The number of methoxy groups -OCH3 is 2. The summed E-state index contributed by atoms with van der Waals surface area (Å²) in [6, 6.07) is 11.5. The molecule has 0 unspecified atom stereocenters. The van der Waals surface area contributed by atoms with Gasteiger partial charge in [0.05, 0.1) is 19.9 Å². The number of pyridine rings is 1. The van der Waals surface area contributed by atoms with E-state index >= 15 is 0 Å². The Morgan fingerprint density at radius 2 is 2.00 bits per heavy atom. The summed E-state index contributed by atoms with van der Waals surface area (Å²) in [5.74, 6) is 1.10. The molecule has 0 bridgehead atoms. The highest BCUT2D eigenvalue weighted by Gasteiger charge is 2.24. The Morgan fingerprint density at radius 3 is 2.67 bits per heavy atom. The molecule has 3 aromatic heterocycles. The first-order chi connectivity index (χ1) is 16.0. The lowest BCUT2D eigenvalue weighted by atomic mass is 10.0. The molecule has 8 nitrogen and oxygen atoms in total. The summed E-state index contributed by atoms with van der Waals surface area (Å²) >= 11 is 2.63. The summed E-state index contributed by atoms with van der Waals surface area (Å²) in [4.78, 5) is 19.0. The van der Waals surface area contributed by atoms with Gasteiger partial charge in [0.25, 0.3) is 5.91 Å². The van der Waals surface area contributed by atoms with Gasteiger partial charge in [-0.2, -0.15) is 5.26 Å². The zero-order chi connectivity index (χ0) is 23.5. The first-order valence-corrected chi connectivity index (χ1v) is 11.6. The summed E-state index contributed by atoms with van der Waals surface area (Å²) < 4.78 is 10.6. The maximum atomic E-state index is 12.9. The second kappa shape index (κ2) is 9.36. The number of nitriles is 1. The van der Waals surface area contributed by atoms with Crippen LogP contribution in [0.2, 0.25) is 0 Å². The zero-order valence-electron chi connectivity index (χ0n) is 18.0. The van der Waals surface area contributed by atoms with Crippen LogP contribution in [0.15, 0.2) is 35.7 Å². The molecule has 3 heterocycles. The molecule has 33 heavy (non-hydrogen) atoms. The van der Waals surface area contributed by atoms with Crippen LogP contribution >= 0.6 is 22.7 Å². The van der Waals surface area contributed by atoms with Crippen molar-refractivity contribution in [2.24, 2.45) is 0 Å². The monoisotopic (exact) mass is 479 g/mol. The van der Waals surface area contributed by atoms with Crippen molar-refractivity contribution in [2.45, 2.75) is 6.42 Å². The molecule has 0 fully saturated rings. The number of carbonyl (C=O) groups is 1. The Bertz CT molecular complexity index is 1370. The van der Waals surface area contributed by atoms with Crippen LogP contribution in [0.25, 0.3) is 20.7 Å². The van der Waals surface area contributed by atoms with Gasteiger partial charge in [-0.15, -0.1) is 22.7 Å². The van der Waals surface area contributed by atoms with Crippen LogP contribution in [0, 0.1) is 11.3 Å². The van der Waals surface area contributed by atoms with E-state index in [4.69, 9.17) is 20.9 Å². The van der Waals surface area contributed by atoms with Crippen molar-refractivity contribution >= 4 is 50.3 Å². The van der Waals surface area contributed by atoms with Gasteiger partial charge in [0.2, 0.25) is 0 Å². The number of hydrogen-bond acceptors (Lipinski definition) is 9. The molecule has 1 aromatic carbocycles. The molecule has 5 N–H and O–H groups in total. The van der Waals surface area contributed by atoms with Gasteiger partial charge >= 0.3 is 0 Å². The molecule has 1 amide bonds. The molecule has 0 saturated carbocycles. The minimum atomic E-state index is -0.301. The van der Waals surface area contributed by atoms with Gasteiger partial charge in [-0.05, 0) is 35.6 Å². The standard InChI is InChI=1S/C23H21N5O3S2/c1-30-14-6-5-12(10-15(14)31-2)7-8-27-22(29)20-19(25)18-17(16-4-3-9-32-16)13(11-24)21(26)28-23(18)33-20/h3-6,9-10H,7-8,25H2,1-2H3,(H2,26,28)(H,27,29). The van der Waals surface area contributed by atoms with Crippen molar-refractivity contribution in [2.75, 3.05) is 32.2 Å². The summed E-state index contributed by atoms with van der Waals surface area (Å²) in [6.45, 7) is 0.402. The highest BCUT2D eigenvalue weighted by molar-refractivity contribution is 7.21. The molecule has 168 valence electrons. The van der Waals surface area contributed by atoms with E-state index in [0.717, 1.165) is 21.8 Å². The Kier molecular flexibility index (Phi) is 6.35. The fourth-order valence-electron chi connectivity index (χ4n) is 3.56. The third-order valence-electron chi connectivity index (χ3n) is 5.14. The number of aromatic nitrogens is 1. The van der Waals surface area contributed by atoms with Crippen molar-refractivity contribution in [1.82, 2.24) is 10.3 Å². The third-order valence-corrected chi connectivity index (χ3v) is 7.12. The Labute approximate surface area is 198 Å². The van der Waals surface area contributed by atoms with Gasteiger partial charge in [-0.25, -0.2) is 4.98 Å². The summed E-state index contributed by atoms with van der Waals surface area (Å²) in [7, 11) is 3.16. The van der Waals surface area contributed by atoms with Gasteiger partial charge in [-0.1, -0.05) is 12.1 Å². The summed E-state index contributed by atoms with van der Waals surface area (Å²) in [5.41, 5.74) is 14.6. The number of hydrogen-bond donors (Lipinski definition) is 3. The normalized spacial score (nSPS) is 10.7. The third kappa shape index (κ3) is 4.16. The number of nitrogen functional groups attached to an aromatic ring is 2. The second-order valence-electron chi connectivity index (χ2n) is 7.06. The van der Waals surface area contributed by atoms with E-state index in [2.05, 4.69) is 16.4 Å². The molecule has 0 aliphatic rings. The van der Waals surface area contributed by atoms with Crippen LogP contribution in [0.5, 0.6) is 11.5 Å². The van der Waals surface area contributed by atoms with Crippen LogP contribution in [0.3, 0.4) is 0 Å². The van der Waals surface area contributed by atoms with Crippen molar-refractivity contribution in [3.05, 3.63) is 51.7 Å². The van der Waals surface area contributed by atoms with Crippen molar-refractivity contribution in [3.63, 3.8) is 0 Å². The Morgan fingerprint density at radius 1 is 1.21 bits per heavy atom. The molecule has 10 heteroatoms. The zero-order valence-corrected chi connectivity index (χ0v) is 19.6. The lowest BCUT2D eigenvalue weighted by Crippen LogP contribution is -2.25. The molecule has 0 atom stereocenters. The van der Waals surface area contributed by atoms with Gasteiger partial charge in [-0.3, -0.25) is 4.79 Å². The first-order valence-electron chi connectivity index (χ1n) is 9.93. The van der Waals surface area contributed by atoms with Crippen LogP contribution in [0.1, 0.15) is 20.8 Å². The van der Waals surface area contributed by atoms with E-state index < -0.39 is 0 Å². The first kappa shape index (κ1) is 22.4. The Balaban J connectivity index is 1.60. The van der Waals surface area contributed by atoms with Gasteiger partial charge < -0.3 is 26.3 Å². The van der Waals surface area contributed by atoms with Gasteiger partial charge in [0.1, 0.15) is 27.2 Å². The van der Waals surface area contributed by atoms with E-state index in [0.29, 0.717) is 50.8 Å². The highest BCUT2D eigenvalue weighted by Crippen LogP contribution is 2.43. The van der Waals surface area contributed by atoms with E-state index in [1.807, 2.05) is 35.7 Å². The topological polar surface area (TPSA) is 136 Å². The number of amides is 1. The van der Waals surface area contributed by atoms with E-state index in [9.17, 15) is 10.1 Å². The maximum absolute atomic E-state index is 12.9. The molecule has 0 saturated heterocycles. The number of ether oxygens (including phenoxy) is 2. The van der Waals surface area contributed by atoms with Crippen LogP contribution in [-0.4, -0.2) is 31.7 Å². The maximum Gasteiger partial charge on any atom is 0.263 e. The molecule has 0 aliphatic heterocycles. The smallest absolute Gasteiger partial charge is 0.263 e. The highest BCUT2D eigenvalue weighted by atomic mass is 32.1. The molecular weight excluding hydrogens is 458 g/mol. The molecule has 0 radical (unpaired) electrons. The lowest BCUT2D eigenvalue weighted by molar-refractivity contribution is 0.0959. The fourth-order valence-corrected chi connectivity index (χ4v) is 5.37. The average molecular weight is 480 g/mol. The second-order valence-corrected chi connectivity index (χ2v) is 9.00. The number of benzene rings is 1. The van der Waals surface area contributed by atoms with Gasteiger partial charge in [0, 0.05) is 22.4 Å².